The van der Waals surface area contributed by atoms with Crippen molar-refractivity contribution in [1.82, 2.24) is 0 Å². The molecule has 23 aromatic carbocycles. The van der Waals surface area contributed by atoms with E-state index in [0.29, 0.717) is 0 Å². The zero-order valence-electron chi connectivity index (χ0n) is 83.5. The maximum absolute atomic E-state index is 2.40. The SMILES string of the molecule is Cc1ccc(-c2cccc3ccccc23)cc1.Cc1ccc(C(c2ccccc2)(c2ccccc2)c2ccccc2)cc1.Cc1ccc2c(c1)-c1ccccc1C21c2ccccc2-c2ccccc21.Cc1ccc2c(c1)C1(c3ccccc3-c3ccccc31)c1ccccc1-2.Cc1cccc2c1-c1ccccc1C21c2ccccc2-c2ccccc21.Cc1cccc2c1C1(c3ccccc3-c3ccccc31)c1ccccc1-2. The molecule has 0 aliphatic heterocycles. The van der Waals surface area contributed by atoms with Gasteiger partial charge in [-0.3, -0.25) is 0 Å². The van der Waals surface area contributed by atoms with Gasteiger partial charge in [0.2, 0.25) is 0 Å². The monoisotopic (exact) mass is 1870 g/mol. The van der Waals surface area contributed by atoms with E-state index in [9.17, 15) is 0 Å². The first-order valence-electron chi connectivity index (χ1n) is 51.8. The van der Waals surface area contributed by atoms with E-state index in [4.69, 9.17) is 0 Å². The maximum Gasteiger partial charge on any atom is 0.0728 e. The normalized spacial score (nSPS) is 13.6. The van der Waals surface area contributed by atoms with Crippen LogP contribution in [0.25, 0.3) is 111 Å². The highest BCUT2D eigenvalue weighted by Crippen LogP contribution is 2.69. The predicted molar refractivity (Wildman–Crippen MR) is 614 cm³/mol. The molecule has 31 rings (SSSR count). The Kier molecular flexibility index (Phi) is 21.9. The van der Waals surface area contributed by atoms with Gasteiger partial charge in [-0.05, 0) is 275 Å². The molecular formula is C147H108. The van der Waals surface area contributed by atoms with Crippen LogP contribution in [-0.2, 0) is 27.1 Å². The van der Waals surface area contributed by atoms with E-state index in [2.05, 4.69) is 588 Å². The summed E-state index contributed by atoms with van der Waals surface area (Å²) < 4.78 is 0. The lowest BCUT2D eigenvalue weighted by Gasteiger charge is -2.36. The smallest absolute Gasteiger partial charge is 0.0622 e. The largest absolute Gasteiger partial charge is 0.0728 e. The summed E-state index contributed by atoms with van der Waals surface area (Å²) in [4.78, 5) is 0. The second-order valence-corrected chi connectivity index (χ2v) is 40.7. The standard InChI is InChI=1S/4C26H18.C26H22.C17H14/c1-17-9-8-13-21-20-12-4-7-16-24(20)26(25(17)21)22-14-5-2-10-18(22)19-11-3-6-15-23(19)26;1-17-9-8-16-24-25(17)20-12-4-7-15-23(20)26(24)21-13-5-2-10-18(21)19-11-3-6-14-22(19)26;1-17-14-15-25-21(16-17)20-10-4-7-13-24(20)26(25)22-11-5-2-8-18(22)19-9-3-6-12-23(19)26;1-17-14-15-21-20-10-4-7-13-24(20)26(25(21)16-17)22-11-5-2-8-18(22)19-9-3-6-12-23(19)26;1-21-17-19-25(20-18-21)26(22-11-5-2-6-12-22,23-13-7-3-8-14-23)24-15-9-4-10-16-24;1-13-9-11-15(12-10-13)17-8-4-6-14-5-2-3-7-16(14)17/h4*2-16H,1H3;2-20H,1H3;2-12H,1H3. The van der Waals surface area contributed by atoms with E-state index < -0.39 is 0 Å². The van der Waals surface area contributed by atoms with Crippen LogP contribution in [0.4, 0.5) is 0 Å². The zero-order chi connectivity index (χ0) is 98.7. The van der Waals surface area contributed by atoms with Gasteiger partial charge in [0, 0.05) is 0 Å². The molecule has 8 aliphatic rings. The lowest BCUT2D eigenvalue weighted by Crippen LogP contribution is -2.30. The molecule has 0 radical (unpaired) electrons. The molecule has 0 saturated carbocycles. The number of rotatable bonds is 5. The molecule has 23 aromatic rings. The van der Waals surface area contributed by atoms with Crippen LogP contribution in [0.2, 0.25) is 0 Å². The summed E-state index contributed by atoms with van der Waals surface area (Å²) in [5.41, 5.74) is 59.3. The molecule has 0 heteroatoms. The van der Waals surface area contributed by atoms with Crippen LogP contribution in [0, 0.1) is 41.5 Å². The summed E-state index contributed by atoms with van der Waals surface area (Å²) in [6.07, 6.45) is 0. The molecule has 0 unspecified atom stereocenters. The fourth-order valence-corrected chi connectivity index (χ4v) is 27.2. The average Bonchev–Trinajstić information content (AvgIpc) is 1.51. The molecule has 0 nitrogen and oxygen atoms in total. The van der Waals surface area contributed by atoms with E-state index >= 15 is 0 Å². The summed E-state index contributed by atoms with van der Waals surface area (Å²) in [6, 6.07) is 200. The molecule has 4 spiro atoms. The minimum absolute atomic E-state index is 0.188. The van der Waals surface area contributed by atoms with Crippen LogP contribution in [0.3, 0.4) is 0 Å². The lowest BCUT2D eigenvalue weighted by atomic mass is 9.65. The van der Waals surface area contributed by atoms with E-state index in [0.717, 1.165) is 0 Å². The fourth-order valence-electron chi connectivity index (χ4n) is 27.2. The van der Waals surface area contributed by atoms with Crippen LogP contribution >= 0.6 is 0 Å². The van der Waals surface area contributed by atoms with Gasteiger partial charge in [0.1, 0.15) is 0 Å². The topological polar surface area (TPSA) is 0 Å². The van der Waals surface area contributed by atoms with Crippen molar-refractivity contribution < 1.29 is 0 Å². The molecule has 0 heterocycles. The van der Waals surface area contributed by atoms with Gasteiger partial charge in [-0.15, -0.1) is 0 Å². The number of aryl methyl sites for hydroxylation is 6. The van der Waals surface area contributed by atoms with Gasteiger partial charge in [-0.1, -0.05) is 568 Å². The Labute approximate surface area is 863 Å². The molecule has 0 fully saturated rings. The number of hydrogen-bond donors (Lipinski definition) is 0. The number of benzene rings is 23. The average molecular weight is 1870 g/mol. The van der Waals surface area contributed by atoms with E-state index in [1.54, 1.807) is 0 Å². The Morgan fingerprint density at radius 1 is 0.143 bits per heavy atom. The van der Waals surface area contributed by atoms with Gasteiger partial charge in [0.05, 0.1) is 27.1 Å². The van der Waals surface area contributed by atoms with E-state index in [1.165, 1.54) is 256 Å². The van der Waals surface area contributed by atoms with Gasteiger partial charge in [-0.25, -0.2) is 0 Å². The first-order chi connectivity index (χ1) is 72.4. The number of hydrogen-bond acceptors (Lipinski definition) is 0. The van der Waals surface area contributed by atoms with E-state index in [1.807, 2.05) is 0 Å². The Morgan fingerprint density at radius 2 is 0.395 bits per heavy atom. The molecule has 0 bridgehead atoms. The highest BCUT2D eigenvalue weighted by molar-refractivity contribution is 6.02. The van der Waals surface area contributed by atoms with Crippen LogP contribution in [0.5, 0.6) is 0 Å². The second-order valence-electron chi connectivity index (χ2n) is 40.7. The van der Waals surface area contributed by atoms with Crippen LogP contribution < -0.4 is 0 Å². The second kappa shape index (κ2) is 36.0. The van der Waals surface area contributed by atoms with Crippen molar-refractivity contribution >= 4 is 10.8 Å². The van der Waals surface area contributed by atoms with Gasteiger partial charge in [0.15, 0.2) is 0 Å². The molecule has 8 aliphatic carbocycles. The molecule has 0 saturated heterocycles. The summed E-state index contributed by atoms with van der Waals surface area (Å²) in [5.74, 6) is 0. The van der Waals surface area contributed by atoms with Crippen molar-refractivity contribution in [1.29, 1.82) is 0 Å². The fraction of sp³-hybridized carbons (Fsp3) is 0.0748. The zero-order valence-corrected chi connectivity index (χ0v) is 83.5. The first-order valence-corrected chi connectivity index (χ1v) is 51.8. The third-order valence-electron chi connectivity index (χ3n) is 33.0. The molecule has 696 valence electrons. The Morgan fingerprint density at radius 3 is 0.816 bits per heavy atom. The highest BCUT2D eigenvalue weighted by atomic mass is 14.6. The molecule has 0 N–H and O–H groups in total. The predicted octanol–water partition coefficient (Wildman–Crippen LogP) is 36.5. The summed E-state index contributed by atoms with van der Waals surface area (Å²) in [5, 5.41) is 2.62. The molecular weight excluding hydrogens is 1770 g/mol. The van der Waals surface area contributed by atoms with Crippen molar-refractivity contribution in [3.05, 3.63) is 691 Å². The van der Waals surface area contributed by atoms with Crippen LogP contribution in [0.15, 0.2) is 546 Å². The number of fused-ring (bicyclic) bond motifs is 41. The van der Waals surface area contributed by atoms with Crippen molar-refractivity contribution in [2.75, 3.05) is 0 Å². The van der Waals surface area contributed by atoms with Crippen molar-refractivity contribution in [3.63, 3.8) is 0 Å². The van der Waals surface area contributed by atoms with Gasteiger partial charge < -0.3 is 0 Å². The van der Waals surface area contributed by atoms with Gasteiger partial charge >= 0.3 is 0 Å². The Bertz CT molecular complexity index is 8670. The summed E-state index contributed by atoms with van der Waals surface area (Å²) in [7, 11) is 0. The third-order valence-corrected chi connectivity index (χ3v) is 33.0. The van der Waals surface area contributed by atoms with Crippen LogP contribution in [-0.4, -0.2) is 0 Å². The van der Waals surface area contributed by atoms with Crippen LogP contribution in [0.1, 0.15) is 145 Å². The molecule has 147 heavy (non-hydrogen) atoms. The summed E-state index contributed by atoms with van der Waals surface area (Å²) >= 11 is 0. The lowest BCUT2D eigenvalue weighted by molar-refractivity contribution is 0.745. The minimum atomic E-state index is -0.336. The van der Waals surface area contributed by atoms with E-state index in [-0.39, 0.29) is 27.1 Å². The Balaban J connectivity index is 0.0000000899. The minimum Gasteiger partial charge on any atom is -0.0622 e. The molecule has 0 atom stereocenters. The molecule has 0 aromatic heterocycles. The molecule has 0 amide bonds. The quantitative estimate of drug-likeness (QED) is 0.151. The third kappa shape index (κ3) is 13.5. The van der Waals surface area contributed by atoms with Gasteiger partial charge in [0.25, 0.3) is 0 Å². The van der Waals surface area contributed by atoms with Gasteiger partial charge in [-0.2, -0.15) is 0 Å². The van der Waals surface area contributed by atoms with Crippen molar-refractivity contribution in [3.8, 4) is 100 Å². The maximum atomic E-state index is 2.40. The van der Waals surface area contributed by atoms with Crippen molar-refractivity contribution in [2.24, 2.45) is 0 Å². The highest BCUT2D eigenvalue weighted by Gasteiger charge is 2.57. The first kappa shape index (κ1) is 89.4. The summed E-state index contributed by atoms with van der Waals surface area (Å²) in [6.45, 7) is 13.1. The van der Waals surface area contributed by atoms with Crippen molar-refractivity contribution in [2.45, 2.75) is 68.6 Å². The Hall–Kier alpha value is -17.7.